The third-order valence-electron chi connectivity index (χ3n) is 0.742. The fraction of sp³-hybridized carbons (Fsp3) is 1.00. The van der Waals surface area contributed by atoms with Gasteiger partial charge in [0, 0.05) is 34.0 Å². The van der Waals surface area contributed by atoms with Crippen LogP contribution >= 0.6 is 0 Å². The maximum Gasteiger partial charge on any atom is 0.0546 e. The van der Waals surface area contributed by atoms with Crippen LogP contribution in [0.15, 0.2) is 5.29 Å². The van der Waals surface area contributed by atoms with Gasteiger partial charge in [-0.3, -0.25) is 5.01 Å². The summed E-state index contributed by atoms with van der Waals surface area (Å²) in [4.78, 5) is 11.5. The fourth-order valence-electron chi connectivity index (χ4n) is 0.299. The van der Waals surface area contributed by atoms with Crippen molar-refractivity contribution in [1.82, 2.24) is 5.01 Å². The first kappa shape index (κ1) is 1.22. The zero-order valence-corrected chi connectivity index (χ0v) is 5.30. The minimum absolute atomic E-state index is 1.27. The lowest BCUT2D eigenvalue weighted by Gasteiger charge is -2.27. The second-order valence-electron chi connectivity index (χ2n) is 1.34. The van der Waals surface area contributed by atoms with E-state index in [2.05, 4.69) is 0 Å². The predicted octanol–water partition coefficient (Wildman–Crippen LogP) is 2.57. The molecule has 2 atom stereocenters. The average molecular weight is 176 g/mol. The molecule has 0 aliphatic rings. The second-order valence-corrected chi connectivity index (χ2v) is 1.34. The number of hydrogen-bond donors (Lipinski definition) is 0. The number of hydrogen-bond acceptors (Lipinski definition) is 2. The highest BCUT2D eigenvalue weighted by molar-refractivity contribution is 4.67. The predicted molar refractivity (Wildman–Crippen MR) is 47.1 cm³/mol. The average Bonchev–Trinajstić information content (AvgIpc) is 2.42. The van der Waals surface area contributed by atoms with Gasteiger partial charge in [0.1, 0.15) is 0 Å². The summed E-state index contributed by atoms with van der Waals surface area (Å²) >= 11 is 0. The molecule has 0 N–H and O–H groups in total. The molecule has 0 amide bonds. The molecule has 0 saturated carbocycles. The lowest BCUT2D eigenvalue weighted by molar-refractivity contribution is 0.150. The van der Waals surface area contributed by atoms with Crippen molar-refractivity contribution >= 4 is 0 Å². The van der Waals surface area contributed by atoms with Gasteiger partial charge in [0.2, 0.25) is 0 Å². The number of nitroso groups, excluding NO2 is 1. The van der Waals surface area contributed by atoms with E-state index in [1.165, 1.54) is 0 Å². The van der Waals surface area contributed by atoms with E-state index >= 15 is 0 Å². The Morgan fingerprint density at radius 2 is 2.09 bits per heavy atom. The van der Waals surface area contributed by atoms with E-state index < -0.39 is 57.2 Å². The molecular formula is C8H18N2O. The molecule has 3 nitrogen and oxygen atoms in total. The first-order chi connectivity index (χ1) is 12.2. The highest BCUT2D eigenvalue weighted by atomic mass is 16.3. The van der Waals surface area contributed by atoms with Gasteiger partial charge in [0.05, 0.1) is 8.03 Å². The molecule has 0 aromatic rings. The Hall–Kier alpha value is -0.600. The number of rotatable bonds is 5. The van der Waals surface area contributed by atoms with E-state index in [1.807, 2.05) is 5.29 Å². The third-order valence-corrected chi connectivity index (χ3v) is 0.742. The molecule has 0 aromatic heterocycles. The van der Waals surface area contributed by atoms with Crippen molar-refractivity contribution < 1.29 is 24.7 Å². The normalized spacial score (nSPS) is 52.7. The summed E-state index contributed by atoms with van der Waals surface area (Å²) in [6, 6.07) is -9.02. The second kappa shape index (κ2) is 5.10. The van der Waals surface area contributed by atoms with Crippen molar-refractivity contribution in [1.29, 1.82) is 0 Å². The standard InChI is InChI=1S/C8H18N2O/c1-5-7(3)10(9-11)8(4)6-2/h7-8H,5-6H2,1-4H3/i1D3,2D3,3D3,4D3,5D2,6D2,7D,8D. The van der Waals surface area contributed by atoms with Crippen molar-refractivity contribution in [2.45, 2.75) is 52.2 Å². The molecule has 0 rings (SSSR count). The Kier molecular flexibility index (Phi) is 0.568. The minimum Gasteiger partial charge on any atom is -0.255 e. The molecule has 66 valence electrons. The Morgan fingerprint density at radius 1 is 1.55 bits per heavy atom. The summed E-state index contributed by atoms with van der Waals surface area (Å²) in [5.41, 5.74) is 0. The van der Waals surface area contributed by atoms with Gasteiger partial charge >= 0.3 is 0 Å². The zero-order chi connectivity index (χ0) is 24.3. The van der Waals surface area contributed by atoms with Gasteiger partial charge in [-0.15, -0.1) is 4.91 Å². The molecule has 2 unspecified atom stereocenters. The highest BCUT2D eigenvalue weighted by Crippen LogP contribution is 2.10. The van der Waals surface area contributed by atoms with Gasteiger partial charge in [0.15, 0.2) is 0 Å². The largest absolute Gasteiger partial charge is 0.255 e. The van der Waals surface area contributed by atoms with Crippen LogP contribution in [0.2, 0.25) is 0 Å². The van der Waals surface area contributed by atoms with Crippen LogP contribution < -0.4 is 0 Å². The Labute approximate surface area is 94.0 Å². The van der Waals surface area contributed by atoms with Gasteiger partial charge < -0.3 is 0 Å². The van der Waals surface area contributed by atoms with Crippen LogP contribution in [-0.4, -0.2) is 17.0 Å². The van der Waals surface area contributed by atoms with Crippen molar-refractivity contribution in [3.63, 3.8) is 0 Å². The van der Waals surface area contributed by atoms with Gasteiger partial charge in [-0.2, -0.15) is 0 Å². The molecule has 0 radical (unpaired) electrons. The van der Waals surface area contributed by atoms with E-state index in [1.54, 1.807) is 0 Å². The first-order valence-corrected chi connectivity index (χ1v) is 2.33. The lowest BCUT2D eigenvalue weighted by atomic mass is 10.2. The van der Waals surface area contributed by atoms with Crippen LogP contribution in [0.5, 0.6) is 0 Å². The maximum absolute atomic E-state index is 11.5. The van der Waals surface area contributed by atoms with E-state index in [0.717, 1.165) is 0 Å². The van der Waals surface area contributed by atoms with Crippen LogP contribution in [0.1, 0.15) is 64.8 Å². The quantitative estimate of drug-likeness (QED) is 0.476. The molecule has 0 aliphatic heterocycles. The van der Waals surface area contributed by atoms with Crippen molar-refractivity contribution in [2.75, 3.05) is 0 Å². The maximum atomic E-state index is 11.5. The molecule has 0 aromatic carbocycles. The molecular weight excluding hydrogens is 140 g/mol. The summed E-state index contributed by atoms with van der Waals surface area (Å²) in [6.07, 6.45) is -8.64. The lowest BCUT2D eigenvalue weighted by Crippen LogP contribution is -2.34. The van der Waals surface area contributed by atoms with Crippen LogP contribution in [-0.2, 0) is 0 Å². The summed E-state index contributed by atoms with van der Waals surface area (Å²) in [5, 5.41) is 0.568. The van der Waals surface area contributed by atoms with Crippen molar-refractivity contribution in [2.24, 2.45) is 5.29 Å². The summed E-state index contributed by atoms with van der Waals surface area (Å²) in [5.74, 6) is 0. The Bertz CT molecular complexity index is 563. The van der Waals surface area contributed by atoms with Crippen LogP contribution in [0, 0.1) is 4.91 Å². The monoisotopic (exact) mass is 176 g/mol. The van der Waals surface area contributed by atoms with Crippen LogP contribution in [0.25, 0.3) is 0 Å². The van der Waals surface area contributed by atoms with Gasteiger partial charge in [-0.05, 0) is 26.4 Å². The molecule has 3 heteroatoms. The van der Waals surface area contributed by atoms with Crippen molar-refractivity contribution in [3.8, 4) is 0 Å². The topological polar surface area (TPSA) is 32.7 Å². The van der Waals surface area contributed by atoms with E-state index in [4.69, 9.17) is 24.7 Å². The smallest absolute Gasteiger partial charge is 0.0546 e. The first-order valence-electron chi connectivity index (χ1n) is 11.3. The Balaban J connectivity index is 7.55. The van der Waals surface area contributed by atoms with Gasteiger partial charge in [-0.25, -0.2) is 0 Å². The highest BCUT2D eigenvalue weighted by Gasteiger charge is 2.15. The van der Waals surface area contributed by atoms with E-state index in [9.17, 15) is 4.91 Å². The summed E-state index contributed by atoms with van der Waals surface area (Å²) in [7, 11) is 0. The van der Waals surface area contributed by atoms with E-state index in [-0.39, 0.29) is 0 Å². The van der Waals surface area contributed by atoms with Gasteiger partial charge in [-0.1, -0.05) is 13.7 Å². The zero-order valence-electron chi connectivity index (χ0n) is 23.3. The molecule has 0 fully saturated rings. The van der Waals surface area contributed by atoms with E-state index in [0.29, 0.717) is 0 Å². The summed E-state index contributed by atoms with van der Waals surface area (Å²) in [6.45, 7) is -16.5. The molecule has 0 heterocycles. The van der Waals surface area contributed by atoms with Crippen LogP contribution in [0.3, 0.4) is 0 Å². The molecule has 0 spiro atoms. The Morgan fingerprint density at radius 3 is 2.36 bits per heavy atom. The molecule has 11 heavy (non-hydrogen) atoms. The van der Waals surface area contributed by atoms with Crippen LogP contribution in [0.4, 0.5) is 0 Å². The fourth-order valence-corrected chi connectivity index (χ4v) is 0.299. The third kappa shape index (κ3) is 2.87. The molecule has 0 bridgehead atoms. The minimum atomic E-state index is -4.51. The summed E-state index contributed by atoms with van der Waals surface area (Å²) < 4.78 is 134. The number of nitrogens with zero attached hydrogens (tertiary/aromatic N) is 2. The van der Waals surface area contributed by atoms with Crippen molar-refractivity contribution in [3.05, 3.63) is 4.91 Å². The molecule has 0 aliphatic carbocycles. The molecule has 0 saturated heterocycles. The van der Waals surface area contributed by atoms with Gasteiger partial charge in [0.25, 0.3) is 0 Å². The SMILES string of the molecule is [2H]C([2H])([2H])C([2H])([2H])C([2H])(N(N=O)C([2H])(C([2H])([2H])[2H])C([2H])([2H])C([2H])([2H])[2H])C([2H])([2H])[2H].